The predicted octanol–water partition coefficient (Wildman–Crippen LogP) is 1.96. The lowest BCUT2D eigenvalue weighted by atomic mass is 9.84. The van der Waals surface area contributed by atoms with Crippen molar-refractivity contribution in [2.45, 2.75) is 32.7 Å². The molecule has 0 aliphatic carbocycles. The van der Waals surface area contributed by atoms with Crippen molar-refractivity contribution in [2.24, 2.45) is 5.41 Å². The van der Waals surface area contributed by atoms with Crippen molar-refractivity contribution in [2.75, 3.05) is 19.8 Å². The maximum Gasteiger partial charge on any atom is 0.333 e. The highest BCUT2D eigenvalue weighted by molar-refractivity contribution is 5.12. The van der Waals surface area contributed by atoms with Crippen LogP contribution in [0.3, 0.4) is 0 Å². The molecule has 4 heterocycles. The van der Waals surface area contributed by atoms with Crippen LogP contribution in [0.2, 0.25) is 0 Å². The molecule has 0 unspecified atom stereocenters. The Kier molecular flexibility index (Phi) is 2.50. The van der Waals surface area contributed by atoms with Crippen LogP contribution in [0.1, 0.15) is 31.2 Å². The van der Waals surface area contributed by atoms with Gasteiger partial charge in [0.2, 0.25) is 0 Å². The van der Waals surface area contributed by atoms with E-state index < -0.39 is 5.97 Å². The highest BCUT2D eigenvalue weighted by Crippen LogP contribution is 2.46. The molecule has 0 aromatic carbocycles. The summed E-state index contributed by atoms with van der Waals surface area (Å²) in [5.74, 6) is -0.457. The van der Waals surface area contributed by atoms with Gasteiger partial charge in [0, 0.05) is 5.41 Å². The van der Waals surface area contributed by atoms with E-state index in [-0.39, 0.29) is 5.41 Å². The van der Waals surface area contributed by atoms with E-state index in [0.29, 0.717) is 31.3 Å². The Morgan fingerprint density at radius 2 is 1.88 bits per heavy atom. The summed E-state index contributed by atoms with van der Waals surface area (Å²) in [5, 5.41) is 0. The summed E-state index contributed by atoms with van der Waals surface area (Å²) in [6, 6.07) is 0. The molecule has 1 aromatic rings. The topological polar surface area (TPSA) is 53.7 Å². The van der Waals surface area contributed by atoms with Crippen LogP contribution in [0.15, 0.2) is 10.8 Å². The first-order valence-electron chi connectivity index (χ1n) is 6.02. The van der Waals surface area contributed by atoms with Crippen LogP contribution in [0.5, 0.6) is 0 Å². The summed E-state index contributed by atoms with van der Waals surface area (Å²) < 4.78 is 22.5. The lowest BCUT2D eigenvalue weighted by Gasteiger charge is -2.51. The van der Waals surface area contributed by atoms with Crippen LogP contribution in [-0.2, 0) is 20.2 Å². The Labute approximate surface area is 100 Å². The third kappa shape index (κ3) is 1.61. The molecule has 5 heteroatoms. The number of oxazole rings is 1. The zero-order valence-corrected chi connectivity index (χ0v) is 10.2. The standard InChI is InChI=1S/C12H17NO4/c1-3-4-11-5-15-12(16-6-11,17-7-11)10-9(2)14-8-13-10/h8H,3-7H2,1-2H3. The van der Waals surface area contributed by atoms with Crippen molar-refractivity contribution < 1.29 is 18.6 Å². The highest BCUT2D eigenvalue weighted by Gasteiger charge is 2.55. The van der Waals surface area contributed by atoms with Crippen LogP contribution < -0.4 is 0 Å². The minimum atomic E-state index is -1.13. The summed E-state index contributed by atoms with van der Waals surface area (Å²) in [6.07, 6.45) is 3.55. The van der Waals surface area contributed by atoms with Crippen molar-refractivity contribution in [3.63, 3.8) is 0 Å². The third-order valence-electron chi connectivity index (χ3n) is 3.52. The number of aryl methyl sites for hydroxylation is 1. The Morgan fingerprint density at radius 3 is 2.35 bits per heavy atom. The molecule has 3 aliphatic rings. The van der Waals surface area contributed by atoms with Gasteiger partial charge in [-0.2, -0.15) is 0 Å². The molecule has 0 atom stereocenters. The maximum atomic E-state index is 5.78. The quantitative estimate of drug-likeness (QED) is 0.807. The number of hydrogen-bond donors (Lipinski definition) is 0. The molecule has 3 saturated heterocycles. The molecular formula is C12H17NO4. The van der Waals surface area contributed by atoms with Gasteiger partial charge in [-0.05, 0) is 13.3 Å². The number of aromatic nitrogens is 1. The first kappa shape index (κ1) is 11.2. The van der Waals surface area contributed by atoms with Gasteiger partial charge >= 0.3 is 5.97 Å². The smallest absolute Gasteiger partial charge is 0.333 e. The van der Waals surface area contributed by atoms with Gasteiger partial charge in [0.25, 0.3) is 0 Å². The average Bonchev–Trinajstić information content (AvgIpc) is 2.79. The fourth-order valence-corrected chi connectivity index (χ4v) is 2.55. The van der Waals surface area contributed by atoms with E-state index >= 15 is 0 Å². The fraction of sp³-hybridized carbons (Fsp3) is 0.750. The van der Waals surface area contributed by atoms with Crippen molar-refractivity contribution in [1.82, 2.24) is 4.98 Å². The second-order valence-electron chi connectivity index (χ2n) is 4.93. The first-order valence-corrected chi connectivity index (χ1v) is 6.02. The molecule has 0 amide bonds. The van der Waals surface area contributed by atoms with Crippen LogP contribution >= 0.6 is 0 Å². The zero-order valence-electron chi connectivity index (χ0n) is 10.2. The molecule has 17 heavy (non-hydrogen) atoms. The SMILES string of the molecule is CCCC12COC(c3ncoc3C)(OC1)OC2. The number of fused-ring (bicyclic) bond motifs is 3. The second kappa shape index (κ2) is 3.80. The molecular weight excluding hydrogens is 222 g/mol. The van der Waals surface area contributed by atoms with E-state index in [4.69, 9.17) is 18.6 Å². The van der Waals surface area contributed by atoms with Gasteiger partial charge in [-0.25, -0.2) is 4.98 Å². The van der Waals surface area contributed by atoms with E-state index in [1.165, 1.54) is 6.39 Å². The first-order chi connectivity index (χ1) is 8.20. The normalized spacial score (nSPS) is 36.4. The Bertz CT molecular complexity index is 390. The summed E-state index contributed by atoms with van der Waals surface area (Å²) >= 11 is 0. The second-order valence-corrected chi connectivity index (χ2v) is 4.93. The minimum absolute atomic E-state index is 0.0220. The van der Waals surface area contributed by atoms with Crippen molar-refractivity contribution in [3.8, 4) is 0 Å². The molecule has 1 aromatic heterocycles. The molecule has 5 nitrogen and oxygen atoms in total. The van der Waals surface area contributed by atoms with Gasteiger partial charge in [0.05, 0.1) is 19.8 Å². The van der Waals surface area contributed by atoms with Crippen LogP contribution in [0.4, 0.5) is 0 Å². The van der Waals surface area contributed by atoms with Gasteiger partial charge in [0.15, 0.2) is 12.1 Å². The van der Waals surface area contributed by atoms with Crippen LogP contribution in [0, 0.1) is 12.3 Å². The van der Waals surface area contributed by atoms with Gasteiger partial charge in [0.1, 0.15) is 5.76 Å². The lowest BCUT2D eigenvalue weighted by molar-refractivity contribution is -0.482. The van der Waals surface area contributed by atoms with Gasteiger partial charge < -0.3 is 18.6 Å². The number of ether oxygens (including phenoxy) is 3. The summed E-state index contributed by atoms with van der Waals surface area (Å²) in [7, 11) is 0. The van der Waals surface area contributed by atoms with Gasteiger partial charge in [-0.15, -0.1) is 0 Å². The van der Waals surface area contributed by atoms with Crippen LogP contribution in [-0.4, -0.2) is 24.8 Å². The summed E-state index contributed by atoms with van der Waals surface area (Å²) in [5.41, 5.74) is 0.621. The van der Waals surface area contributed by atoms with E-state index in [9.17, 15) is 0 Å². The molecule has 0 N–H and O–H groups in total. The average molecular weight is 239 g/mol. The molecule has 4 rings (SSSR count). The predicted molar refractivity (Wildman–Crippen MR) is 58.1 cm³/mol. The van der Waals surface area contributed by atoms with E-state index in [0.717, 1.165) is 12.8 Å². The van der Waals surface area contributed by atoms with E-state index in [2.05, 4.69) is 11.9 Å². The maximum absolute atomic E-state index is 5.78. The molecule has 0 saturated carbocycles. The van der Waals surface area contributed by atoms with Gasteiger partial charge in [-0.1, -0.05) is 13.3 Å². The fourth-order valence-electron chi connectivity index (χ4n) is 2.55. The lowest BCUT2D eigenvalue weighted by Crippen LogP contribution is -2.58. The summed E-state index contributed by atoms with van der Waals surface area (Å²) in [4.78, 5) is 4.13. The molecule has 0 radical (unpaired) electrons. The summed E-state index contributed by atoms with van der Waals surface area (Å²) in [6.45, 7) is 5.97. The number of nitrogens with zero attached hydrogens (tertiary/aromatic N) is 1. The molecule has 2 bridgehead atoms. The van der Waals surface area contributed by atoms with Crippen molar-refractivity contribution in [1.29, 1.82) is 0 Å². The molecule has 3 aliphatic heterocycles. The van der Waals surface area contributed by atoms with Crippen LogP contribution in [0.25, 0.3) is 0 Å². The Hall–Kier alpha value is -0.910. The zero-order chi connectivity index (χ0) is 11.9. The molecule has 94 valence electrons. The molecule has 0 spiro atoms. The largest absolute Gasteiger partial charge is 0.448 e. The minimum Gasteiger partial charge on any atom is -0.448 e. The van der Waals surface area contributed by atoms with Crippen molar-refractivity contribution in [3.05, 3.63) is 17.8 Å². The van der Waals surface area contributed by atoms with E-state index in [1.54, 1.807) is 0 Å². The third-order valence-corrected chi connectivity index (χ3v) is 3.52. The Morgan fingerprint density at radius 1 is 1.24 bits per heavy atom. The van der Waals surface area contributed by atoms with E-state index in [1.807, 2.05) is 6.92 Å². The van der Waals surface area contributed by atoms with Gasteiger partial charge in [-0.3, -0.25) is 0 Å². The number of rotatable bonds is 3. The number of hydrogen-bond acceptors (Lipinski definition) is 5. The highest BCUT2D eigenvalue weighted by atomic mass is 16.9. The Balaban J connectivity index is 1.84. The van der Waals surface area contributed by atoms with Crippen molar-refractivity contribution >= 4 is 0 Å². The monoisotopic (exact) mass is 239 g/mol. The molecule has 3 fully saturated rings.